The highest BCUT2D eigenvalue weighted by Crippen LogP contribution is 2.51. The molecule has 3 heteroatoms. The van der Waals surface area contributed by atoms with E-state index in [2.05, 4.69) is 9.97 Å². The fourth-order valence-electron chi connectivity index (χ4n) is 2.61. The van der Waals surface area contributed by atoms with Crippen LogP contribution in [0.25, 0.3) is 0 Å². The molecule has 3 nitrogen and oxygen atoms in total. The van der Waals surface area contributed by atoms with Crippen LogP contribution in [0.15, 0.2) is 11.0 Å². The molecule has 1 aromatic heterocycles. The number of nitrogens with zero attached hydrogens (tertiary/aromatic N) is 1. The highest BCUT2D eigenvalue weighted by Gasteiger charge is 2.37. The van der Waals surface area contributed by atoms with E-state index in [1.165, 1.54) is 30.5 Å². The lowest BCUT2D eigenvalue weighted by molar-refractivity contribution is 0.686. The smallest absolute Gasteiger partial charge is 0.309 e. The van der Waals surface area contributed by atoms with Crippen molar-refractivity contribution in [3.05, 3.63) is 27.9 Å². The predicted octanol–water partition coefficient (Wildman–Crippen LogP) is 1.13. The van der Waals surface area contributed by atoms with E-state index in [-0.39, 0.29) is 5.69 Å². The van der Waals surface area contributed by atoms with Crippen LogP contribution in [0, 0.1) is 0 Å². The van der Waals surface area contributed by atoms with Gasteiger partial charge in [0.05, 0.1) is 0 Å². The fourth-order valence-corrected chi connectivity index (χ4v) is 2.61. The molecule has 62 valence electrons. The van der Waals surface area contributed by atoms with Gasteiger partial charge in [-0.2, -0.15) is 0 Å². The van der Waals surface area contributed by atoms with E-state index in [1.807, 2.05) is 0 Å². The van der Waals surface area contributed by atoms with Crippen molar-refractivity contribution in [3.63, 3.8) is 0 Å². The molecule has 0 saturated heterocycles. The third-order valence-corrected chi connectivity index (χ3v) is 3.15. The molecule has 0 aromatic carbocycles. The van der Waals surface area contributed by atoms with Gasteiger partial charge in [-0.15, -0.1) is 0 Å². The maximum absolute atomic E-state index is 10.9. The number of aromatic nitrogens is 2. The number of aromatic amines is 1. The number of hydrogen-bond donors (Lipinski definition) is 1. The van der Waals surface area contributed by atoms with Crippen molar-refractivity contribution >= 4 is 0 Å². The average Bonchev–Trinajstić information content (AvgIpc) is 2.63. The first-order valence-corrected chi connectivity index (χ1v) is 4.43. The van der Waals surface area contributed by atoms with Crippen LogP contribution in [0.5, 0.6) is 0 Å². The zero-order valence-electron chi connectivity index (χ0n) is 6.71. The Morgan fingerprint density at radius 3 is 3.17 bits per heavy atom. The molecule has 0 aliphatic heterocycles. The molecule has 0 amide bonds. The lowest BCUT2D eigenvalue weighted by atomic mass is 9.98. The van der Waals surface area contributed by atoms with Crippen LogP contribution in [0.2, 0.25) is 0 Å². The Morgan fingerprint density at radius 2 is 2.25 bits per heavy atom. The zero-order valence-corrected chi connectivity index (χ0v) is 6.71. The quantitative estimate of drug-likeness (QED) is 0.621. The standard InChI is InChI=1S/C9H10N2O/c12-9-10-4-7-5-1-2-6(3-5)8(7)11-9/h4-6H,1-3H2,(H,10,11,12)/t5?,6-/m0/s1. The Kier molecular flexibility index (Phi) is 1.05. The van der Waals surface area contributed by atoms with Gasteiger partial charge in [-0.3, -0.25) is 0 Å². The summed E-state index contributed by atoms with van der Waals surface area (Å²) >= 11 is 0. The van der Waals surface area contributed by atoms with Crippen LogP contribution in [-0.4, -0.2) is 9.97 Å². The van der Waals surface area contributed by atoms with Crippen molar-refractivity contribution in [3.8, 4) is 0 Å². The summed E-state index contributed by atoms with van der Waals surface area (Å²) in [5, 5.41) is 0. The highest BCUT2D eigenvalue weighted by atomic mass is 16.1. The summed E-state index contributed by atoms with van der Waals surface area (Å²) in [5.41, 5.74) is 2.28. The van der Waals surface area contributed by atoms with Gasteiger partial charge >= 0.3 is 5.69 Å². The Hall–Kier alpha value is -1.12. The van der Waals surface area contributed by atoms with Crippen LogP contribution >= 0.6 is 0 Å². The van der Waals surface area contributed by atoms with Crippen molar-refractivity contribution < 1.29 is 0 Å². The first-order valence-electron chi connectivity index (χ1n) is 4.43. The zero-order chi connectivity index (χ0) is 8.13. The van der Waals surface area contributed by atoms with Crippen molar-refractivity contribution in [2.24, 2.45) is 0 Å². The molecule has 1 unspecified atom stereocenters. The summed E-state index contributed by atoms with van der Waals surface area (Å²) in [6.45, 7) is 0. The van der Waals surface area contributed by atoms with Crippen LogP contribution in [0.1, 0.15) is 42.4 Å². The number of rotatable bonds is 0. The molecule has 0 radical (unpaired) electrons. The van der Waals surface area contributed by atoms with Crippen molar-refractivity contribution in [1.82, 2.24) is 9.97 Å². The van der Waals surface area contributed by atoms with Crippen LogP contribution < -0.4 is 5.69 Å². The summed E-state index contributed by atoms with van der Waals surface area (Å²) in [4.78, 5) is 17.5. The minimum absolute atomic E-state index is 0.193. The SMILES string of the molecule is O=c1ncc2c([nH]1)[C@H]1CCC2C1. The molecule has 3 rings (SSSR count). The van der Waals surface area contributed by atoms with E-state index in [0.29, 0.717) is 11.8 Å². The molecule has 0 spiro atoms. The number of hydrogen-bond acceptors (Lipinski definition) is 2. The largest absolute Gasteiger partial charge is 0.345 e. The van der Waals surface area contributed by atoms with Crippen LogP contribution in [-0.2, 0) is 0 Å². The Morgan fingerprint density at radius 1 is 1.42 bits per heavy atom. The number of nitrogens with one attached hydrogen (secondary N) is 1. The third-order valence-electron chi connectivity index (χ3n) is 3.15. The van der Waals surface area contributed by atoms with Gasteiger partial charge in [-0.05, 0) is 30.7 Å². The van der Waals surface area contributed by atoms with E-state index < -0.39 is 0 Å². The molecule has 2 aliphatic rings. The monoisotopic (exact) mass is 162 g/mol. The summed E-state index contributed by atoms with van der Waals surface area (Å²) in [6.07, 6.45) is 5.53. The van der Waals surface area contributed by atoms with Gasteiger partial charge in [0, 0.05) is 17.8 Å². The van der Waals surface area contributed by atoms with Gasteiger partial charge < -0.3 is 4.98 Å². The number of H-pyrrole nitrogens is 1. The molecule has 12 heavy (non-hydrogen) atoms. The normalized spacial score (nSPS) is 30.7. The summed E-state index contributed by atoms with van der Waals surface area (Å²) in [6, 6.07) is 0. The Balaban J connectivity index is 2.27. The maximum Gasteiger partial charge on any atom is 0.345 e. The second-order valence-electron chi connectivity index (χ2n) is 3.76. The lowest BCUT2D eigenvalue weighted by Gasteiger charge is -2.12. The number of fused-ring (bicyclic) bond motifs is 5. The van der Waals surface area contributed by atoms with Gasteiger partial charge in [0.2, 0.25) is 0 Å². The third kappa shape index (κ3) is 0.661. The topological polar surface area (TPSA) is 45.8 Å². The second-order valence-corrected chi connectivity index (χ2v) is 3.76. The van der Waals surface area contributed by atoms with Gasteiger partial charge in [0.25, 0.3) is 0 Å². The first kappa shape index (κ1) is 6.40. The summed E-state index contributed by atoms with van der Waals surface area (Å²) < 4.78 is 0. The molecule has 1 N–H and O–H groups in total. The van der Waals surface area contributed by atoms with Gasteiger partial charge in [0.15, 0.2) is 0 Å². The average molecular weight is 162 g/mol. The van der Waals surface area contributed by atoms with Crippen LogP contribution in [0.3, 0.4) is 0 Å². The van der Waals surface area contributed by atoms with Gasteiger partial charge in [-0.25, -0.2) is 9.78 Å². The molecular formula is C9H10N2O. The fraction of sp³-hybridized carbons (Fsp3) is 0.556. The second kappa shape index (κ2) is 1.97. The molecule has 1 saturated carbocycles. The van der Waals surface area contributed by atoms with Crippen molar-refractivity contribution in [2.45, 2.75) is 31.1 Å². The molecule has 1 heterocycles. The highest BCUT2D eigenvalue weighted by molar-refractivity contribution is 5.33. The van der Waals surface area contributed by atoms with Crippen molar-refractivity contribution in [1.29, 1.82) is 0 Å². The molecule has 1 fully saturated rings. The predicted molar refractivity (Wildman–Crippen MR) is 44.2 cm³/mol. The minimum Gasteiger partial charge on any atom is -0.309 e. The molecular weight excluding hydrogens is 152 g/mol. The summed E-state index contributed by atoms with van der Waals surface area (Å²) in [7, 11) is 0. The van der Waals surface area contributed by atoms with E-state index in [0.717, 1.165) is 0 Å². The molecule has 1 aromatic rings. The molecule has 2 atom stereocenters. The minimum atomic E-state index is -0.193. The maximum atomic E-state index is 10.9. The summed E-state index contributed by atoms with van der Waals surface area (Å²) in [5.74, 6) is 1.31. The van der Waals surface area contributed by atoms with Crippen LogP contribution in [0.4, 0.5) is 0 Å². The van der Waals surface area contributed by atoms with E-state index in [9.17, 15) is 4.79 Å². The van der Waals surface area contributed by atoms with E-state index in [1.54, 1.807) is 6.20 Å². The van der Waals surface area contributed by atoms with Gasteiger partial charge in [0.1, 0.15) is 0 Å². The molecule has 2 bridgehead atoms. The Bertz CT molecular complexity index is 382. The van der Waals surface area contributed by atoms with Crippen molar-refractivity contribution in [2.75, 3.05) is 0 Å². The molecule has 2 aliphatic carbocycles. The Labute approximate surface area is 69.8 Å². The van der Waals surface area contributed by atoms with Gasteiger partial charge in [-0.1, -0.05) is 0 Å². The van der Waals surface area contributed by atoms with E-state index in [4.69, 9.17) is 0 Å². The van der Waals surface area contributed by atoms with E-state index >= 15 is 0 Å². The first-order chi connectivity index (χ1) is 5.84. The lowest BCUT2D eigenvalue weighted by Crippen LogP contribution is -2.15.